The summed E-state index contributed by atoms with van der Waals surface area (Å²) in [7, 11) is 1.46. The molecule has 0 radical (unpaired) electrons. The average Bonchev–Trinajstić information content (AvgIpc) is 2.78. The minimum Gasteiger partial charge on any atom is -0.321 e. The fourth-order valence-corrected chi connectivity index (χ4v) is 2.74. The lowest BCUT2D eigenvalue weighted by molar-refractivity contribution is 0.102. The molecule has 5 heteroatoms. The number of halogens is 1. The minimum atomic E-state index is -0.654. The minimum absolute atomic E-state index is 0.0478. The fourth-order valence-electron chi connectivity index (χ4n) is 2.74. The highest BCUT2D eigenvalue weighted by atomic mass is 19.1. The molecule has 2 rings (SSSR count). The molecule has 0 fully saturated rings. The second-order valence-electron chi connectivity index (χ2n) is 6.27. The Bertz CT molecular complexity index is 786. The molecular formula is C19H22FN3O. The molecule has 0 aliphatic heterocycles. The van der Waals surface area contributed by atoms with Gasteiger partial charge in [0.15, 0.2) is 0 Å². The van der Waals surface area contributed by atoms with E-state index in [1.807, 2.05) is 18.2 Å². The van der Waals surface area contributed by atoms with Crippen molar-refractivity contribution in [3.63, 3.8) is 0 Å². The highest BCUT2D eigenvalue weighted by Gasteiger charge is 2.22. The molecule has 0 saturated carbocycles. The smallest absolute Gasteiger partial charge is 0.262 e. The molecule has 0 saturated heterocycles. The molecule has 0 bridgehead atoms. The number of carbonyl (C=O) groups excluding carboxylic acids is 1. The largest absolute Gasteiger partial charge is 0.321 e. The Balaban J connectivity index is 2.34. The first-order valence-electron chi connectivity index (χ1n) is 7.90. The standard InChI is InChI=1S/C19H22FN3O/c1-6-14(11-12(2)3)15-9-7-8-10-16(15)21-19(24)17-13(4)22-23(5)18(17)20/h1,7-10,12,14H,11H2,2-5H3,(H,21,24)/t14-/m0/s1. The molecule has 0 aliphatic carbocycles. The van der Waals surface area contributed by atoms with Gasteiger partial charge in [0.2, 0.25) is 5.95 Å². The Morgan fingerprint density at radius 3 is 2.62 bits per heavy atom. The van der Waals surface area contributed by atoms with Gasteiger partial charge in [-0.1, -0.05) is 38.0 Å². The quantitative estimate of drug-likeness (QED) is 0.847. The Morgan fingerprint density at radius 2 is 2.08 bits per heavy atom. The van der Waals surface area contributed by atoms with Gasteiger partial charge in [0.25, 0.3) is 5.91 Å². The maximum absolute atomic E-state index is 14.1. The van der Waals surface area contributed by atoms with Crippen LogP contribution in [0.3, 0.4) is 0 Å². The summed E-state index contributed by atoms with van der Waals surface area (Å²) in [5.41, 5.74) is 1.77. The summed E-state index contributed by atoms with van der Waals surface area (Å²) in [5, 5.41) is 6.72. The van der Waals surface area contributed by atoms with Gasteiger partial charge in [0.1, 0.15) is 5.56 Å². The van der Waals surface area contributed by atoms with Crippen LogP contribution in [0, 0.1) is 31.1 Å². The van der Waals surface area contributed by atoms with Crippen molar-refractivity contribution in [3.05, 3.63) is 47.0 Å². The molecule has 1 atom stereocenters. The lowest BCUT2D eigenvalue weighted by atomic mass is 9.90. The molecule has 0 aliphatic rings. The number of amides is 1. The van der Waals surface area contributed by atoms with Crippen LogP contribution in [0.2, 0.25) is 0 Å². The SMILES string of the molecule is C#C[C@@H](CC(C)C)c1ccccc1NC(=O)c1c(C)nn(C)c1F. The van der Waals surface area contributed by atoms with Crippen LogP contribution < -0.4 is 5.32 Å². The van der Waals surface area contributed by atoms with Gasteiger partial charge in [0.05, 0.1) is 5.69 Å². The van der Waals surface area contributed by atoms with Crippen molar-refractivity contribution in [3.8, 4) is 12.3 Å². The maximum atomic E-state index is 14.1. The normalized spacial score (nSPS) is 12.0. The molecule has 126 valence electrons. The number of rotatable bonds is 5. The van der Waals surface area contributed by atoms with E-state index >= 15 is 0 Å². The van der Waals surface area contributed by atoms with Gasteiger partial charge in [-0.3, -0.25) is 4.79 Å². The van der Waals surface area contributed by atoms with Crippen LogP contribution in [0.15, 0.2) is 24.3 Å². The number of para-hydroxylation sites is 1. The summed E-state index contributed by atoms with van der Waals surface area (Å²) in [6.07, 6.45) is 6.49. The van der Waals surface area contributed by atoms with Crippen LogP contribution in [0.5, 0.6) is 0 Å². The van der Waals surface area contributed by atoms with Crippen molar-refractivity contribution in [2.24, 2.45) is 13.0 Å². The third kappa shape index (κ3) is 3.65. The average molecular weight is 327 g/mol. The number of nitrogens with one attached hydrogen (secondary N) is 1. The second-order valence-corrected chi connectivity index (χ2v) is 6.27. The van der Waals surface area contributed by atoms with Gasteiger partial charge in [-0.2, -0.15) is 9.49 Å². The molecule has 24 heavy (non-hydrogen) atoms. The first kappa shape index (κ1) is 17.7. The van der Waals surface area contributed by atoms with Gasteiger partial charge in [-0.05, 0) is 30.9 Å². The van der Waals surface area contributed by atoms with E-state index in [1.54, 1.807) is 13.0 Å². The van der Waals surface area contributed by atoms with Crippen LogP contribution in [-0.2, 0) is 7.05 Å². The monoisotopic (exact) mass is 327 g/mol. The van der Waals surface area contributed by atoms with E-state index in [0.717, 1.165) is 16.7 Å². The Kier molecular flexibility index (Phi) is 5.40. The van der Waals surface area contributed by atoms with Crippen molar-refractivity contribution in [2.75, 3.05) is 5.32 Å². The number of hydrogen-bond donors (Lipinski definition) is 1. The van der Waals surface area contributed by atoms with Crippen molar-refractivity contribution < 1.29 is 9.18 Å². The van der Waals surface area contributed by atoms with Gasteiger partial charge in [-0.25, -0.2) is 4.68 Å². The highest BCUT2D eigenvalue weighted by molar-refractivity contribution is 6.05. The number of hydrogen-bond acceptors (Lipinski definition) is 2. The third-order valence-electron chi connectivity index (χ3n) is 3.87. The topological polar surface area (TPSA) is 46.9 Å². The van der Waals surface area contributed by atoms with Crippen molar-refractivity contribution in [2.45, 2.75) is 33.1 Å². The molecule has 1 heterocycles. The number of aromatic nitrogens is 2. The molecule has 0 unspecified atom stereocenters. The number of terminal acetylenes is 1. The zero-order valence-electron chi connectivity index (χ0n) is 14.4. The lowest BCUT2D eigenvalue weighted by Gasteiger charge is -2.18. The summed E-state index contributed by atoms with van der Waals surface area (Å²) in [5.74, 6) is 1.93. The molecule has 2 aromatic rings. The highest BCUT2D eigenvalue weighted by Crippen LogP contribution is 2.29. The van der Waals surface area contributed by atoms with Gasteiger partial charge in [-0.15, -0.1) is 6.42 Å². The van der Waals surface area contributed by atoms with Gasteiger partial charge >= 0.3 is 0 Å². The molecule has 1 amide bonds. The molecule has 0 spiro atoms. The Hall–Kier alpha value is -2.61. The number of benzene rings is 1. The summed E-state index contributed by atoms with van der Waals surface area (Å²) >= 11 is 0. The van der Waals surface area contributed by atoms with Crippen molar-refractivity contribution >= 4 is 11.6 Å². The molecule has 1 N–H and O–H groups in total. The number of carbonyl (C=O) groups is 1. The van der Waals surface area contributed by atoms with E-state index in [4.69, 9.17) is 6.42 Å². The second kappa shape index (κ2) is 7.31. The van der Waals surface area contributed by atoms with E-state index in [9.17, 15) is 9.18 Å². The molecule has 1 aromatic carbocycles. The van der Waals surface area contributed by atoms with Gasteiger partial charge < -0.3 is 5.32 Å². The van der Waals surface area contributed by atoms with E-state index in [0.29, 0.717) is 17.3 Å². The fraction of sp³-hybridized carbons (Fsp3) is 0.368. The van der Waals surface area contributed by atoms with Crippen LogP contribution in [-0.4, -0.2) is 15.7 Å². The zero-order chi connectivity index (χ0) is 17.9. The first-order valence-corrected chi connectivity index (χ1v) is 7.90. The maximum Gasteiger partial charge on any atom is 0.262 e. The van der Waals surface area contributed by atoms with Crippen LogP contribution >= 0.6 is 0 Å². The molecule has 1 aromatic heterocycles. The summed E-state index contributed by atoms with van der Waals surface area (Å²) in [4.78, 5) is 12.5. The predicted molar refractivity (Wildman–Crippen MR) is 93.3 cm³/mol. The van der Waals surface area contributed by atoms with Crippen molar-refractivity contribution in [1.29, 1.82) is 0 Å². The van der Waals surface area contributed by atoms with Gasteiger partial charge in [0, 0.05) is 18.7 Å². The molecule has 4 nitrogen and oxygen atoms in total. The number of nitrogens with zero attached hydrogens (tertiary/aromatic N) is 2. The van der Waals surface area contributed by atoms with E-state index in [1.165, 1.54) is 7.05 Å². The summed E-state index contributed by atoms with van der Waals surface area (Å²) in [6.45, 7) is 5.80. The lowest BCUT2D eigenvalue weighted by Crippen LogP contribution is -2.16. The summed E-state index contributed by atoms with van der Waals surface area (Å²) < 4.78 is 15.1. The number of aryl methyl sites for hydroxylation is 2. The predicted octanol–water partition coefficient (Wildman–Crippen LogP) is 3.88. The zero-order valence-corrected chi connectivity index (χ0v) is 14.4. The first-order chi connectivity index (χ1) is 11.3. The van der Waals surface area contributed by atoms with Crippen LogP contribution in [0.1, 0.15) is 47.8 Å². The van der Waals surface area contributed by atoms with Crippen LogP contribution in [0.25, 0.3) is 0 Å². The Labute approximate surface area is 142 Å². The van der Waals surface area contributed by atoms with Crippen LogP contribution in [0.4, 0.5) is 10.1 Å². The van der Waals surface area contributed by atoms with Crippen molar-refractivity contribution in [1.82, 2.24) is 9.78 Å². The molecular weight excluding hydrogens is 305 g/mol. The summed E-state index contributed by atoms with van der Waals surface area (Å²) in [6, 6.07) is 7.37. The van der Waals surface area contributed by atoms with E-state index < -0.39 is 11.9 Å². The number of anilines is 1. The van der Waals surface area contributed by atoms with E-state index in [2.05, 4.69) is 30.2 Å². The Morgan fingerprint density at radius 1 is 1.42 bits per heavy atom. The van der Waals surface area contributed by atoms with E-state index in [-0.39, 0.29) is 11.5 Å². The third-order valence-corrected chi connectivity index (χ3v) is 3.87.